The Hall–Kier alpha value is -2.51. The van der Waals surface area contributed by atoms with Gasteiger partial charge in [-0.2, -0.15) is 0 Å². The molecule has 1 N–H and O–H groups in total. The van der Waals surface area contributed by atoms with Gasteiger partial charge in [-0.05, 0) is 6.08 Å². The normalized spacial score (nSPS) is 11.6. The first-order valence-corrected chi connectivity index (χ1v) is 6.76. The lowest BCUT2D eigenvalue weighted by atomic mass is 10.1. The third kappa shape index (κ3) is 7.93. The number of hydrogen-bond acceptors (Lipinski definition) is 8. The summed E-state index contributed by atoms with van der Waals surface area (Å²) >= 11 is 0. The zero-order valence-corrected chi connectivity index (χ0v) is 13.1. The third-order valence-corrected chi connectivity index (χ3v) is 2.37. The Bertz CT molecular complexity index is 507. The van der Waals surface area contributed by atoms with Gasteiger partial charge in [-0.25, -0.2) is 15.1 Å². The van der Waals surface area contributed by atoms with Gasteiger partial charge in [0.15, 0.2) is 11.6 Å². The molecule has 0 aliphatic heterocycles. The molecule has 0 aromatic heterocycles. The Balaban J connectivity index is 5.01. The molecule has 0 amide bonds. The molecule has 0 aliphatic carbocycles. The van der Waals surface area contributed by atoms with Gasteiger partial charge in [0, 0.05) is 33.1 Å². The minimum atomic E-state index is -0.660. The zero-order chi connectivity index (χ0) is 17.1. The fourth-order valence-corrected chi connectivity index (χ4v) is 1.17. The van der Waals surface area contributed by atoms with Crippen molar-refractivity contribution >= 4 is 29.2 Å². The van der Waals surface area contributed by atoms with Crippen LogP contribution < -0.4 is 5.48 Å². The molecule has 0 saturated heterocycles. The number of Topliss-reactive ketones (excluding diaryl/α,β-unsaturated/α-hetero) is 2. The van der Waals surface area contributed by atoms with E-state index in [1.54, 1.807) is 13.8 Å². The van der Waals surface area contributed by atoms with Gasteiger partial charge in [0.05, 0.1) is 0 Å². The Labute approximate surface area is 128 Å². The van der Waals surface area contributed by atoms with E-state index in [-0.39, 0.29) is 42.2 Å². The van der Waals surface area contributed by atoms with Crippen molar-refractivity contribution in [2.24, 2.45) is 5.16 Å². The van der Waals surface area contributed by atoms with Crippen molar-refractivity contribution in [2.75, 3.05) is 0 Å². The number of allylic oxidation sites excluding steroid dienone is 2. The van der Waals surface area contributed by atoms with E-state index in [9.17, 15) is 19.2 Å². The highest BCUT2D eigenvalue weighted by Crippen LogP contribution is 2.01. The zero-order valence-electron chi connectivity index (χ0n) is 13.1. The molecule has 0 rings (SSSR count). The molecule has 0 atom stereocenters. The highest BCUT2D eigenvalue weighted by Gasteiger charge is 2.12. The lowest BCUT2D eigenvalue weighted by molar-refractivity contribution is -0.149. The van der Waals surface area contributed by atoms with Crippen molar-refractivity contribution < 1.29 is 28.9 Å². The number of carbonyl (C=O) groups is 4. The van der Waals surface area contributed by atoms with Crippen molar-refractivity contribution in [1.82, 2.24) is 5.48 Å². The number of rotatable bonds is 9. The number of carbonyl (C=O) groups excluding carboxylic acids is 4. The lowest BCUT2D eigenvalue weighted by Gasteiger charge is -2.08. The Morgan fingerprint density at radius 1 is 1.09 bits per heavy atom. The molecule has 0 aromatic carbocycles. The number of hydroxylamine groups is 1. The van der Waals surface area contributed by atoms with Crippen LogP contribution in [0.1, 0.15) is 47.0 Å². The summed E-state index contributed by atoms with van der Waals surface area (Å²) in [6, 6.07) is 0. The van der Waals surface area contributed by atoms with E-state index in [2.05, 4.69) is 20.3 Å². The molecule has 0 aromatic rings. The summed E-state index contributed by atoms with van der Waals surface area (Å²) in [5.41, 5.74) is 2.22. The standard InChI is InChI=1S/C14H20N2O6/c1-5-13(19)12(16-21-10(4)18)8-7-11(9(3)17)15-22-14(20)6-2/h7,15H,5-6,8H2,1-4H3. The highest BCUT2D eigenvalue weighted by atomic mass is 16.7. The average Bonchev–Trinajstić information content (AvgIpc) is 2.48. The number of oxime groups is 1. The molecule has 8 heteroatoms. The van der Waals surface area contributed by atoms with E-state index in [4.69, 9.17) is 0 Å². The maximum atomic E-state index is 11.7. The summed E-state index contributed by atoms with van der Waals surface area (Å²) in [6.45, 7) is 5.65. The molecule has 0 fully saturated rings. The van der Waals surface area contributed by atoms with Crippen molar-refractivity contribution in [2.45, 2.75) is 47.0 Å². The fourth-order valence-electron chi connectivity index (χ4n) is 1.17. The van der Waals surface area contributed by atoms with Crippen molar-refractivity contribution in [3.05, 3.63) is 11.8 Å². The van der Waals surface area contributed by atoms with Crippen molar-refractivity contribution in [3.63, 3.8) is 0 Å². The molecule has 8 nitrogen and oxygen atoms in total. The largest absolute Gasteiger partial charge is 0.343 e. The molecule has 22 heavy (non-hydrogen) atoms. The molecule has 122 valence electrons. The van der Waals surface area contributed by atoms with Gasteiger partial charge in [0.1, 0.15) is 11.4 Å². The van der Waals surface area contributed by atoms with Gasteiger partial charge in [-0.15, -0.1) is 0 Å². The second-order valence-corrected chi connectivity index (χ2v) is 4.21. The average molecular weight is 312 g/mol. The van der Waals surface area contributed by atoms with E-state index in [1.165, 1.54) is 13.0 Å². The minimum Gasteiger partial charge on any atom is -0.343 e. The summed E-state index contributed by atoms with van der Waals surface area (Å²) in [5, 5.41) is 3.46. The predicted molar refractivity (Wildman–Crippen MR) is 77.4 cm³/mol. The Morgan fingerprint density at radius 2 is 1.73 bits per heavy atom. The predicted octanol–water partition coefficient (Wildman–Crippen LogP) is 1.21. The van der Waals surface area contributed by atoms with Crippen LogP contribution in [0.4, 0.5) is 0 Å². The molecule has 0 radical (unpaired) electrons. The first-order valence-electron chi connectivity index (χ1n) is 6.76. The minimum absolute atomic E-state index is 0.00114. The van der Waals surface area contributed by atoms with Crippen LogP contribution in [0.15, 0.2) is 16.9 Å². The Kier molecular flexibility index (Phi) is 9.08. The molecule has 0 saturated carbocycles. The molecule has 0 bridgehead atoms. The van der Waals surface area contributed by atoms with E-state index in [0.717, 1.165) is 6.92 Å². The molecule has 0 spiro atoms. The molecule has 0 aliphatic rings. The molecular formula is C14H20N2O6. The maximum absolute atomic E-state index is 11.7. The topological polar surface area (TPSA) is 111 Å². The van der Waals surface area contributed by atoms with Crippen LogP contribution in [-0.4, -0.2) is 29.2 Å². The number of nitrogens with one attached hydrogen (secondary N) is 1. The number of ketones is 2. The summed E-state index contributed by atoms with van der Waals surface area (Å²) in [6.07, 6.45) is 1.60. The summed E-state index contributed by atoms with van der Waals surface area (Å²) in [5.74, 6) is -1.91. The lowest BCUT2D eigenvalue weighted by Crippen LogP contribution is -2.23. The monoisotopic (exact) mass is 312 g/mol. The second kappa shape index (κ2) is 10.3. The summed E-state index contributed by atoms with van der Waals surface area (Å²) in [7, 11) is 0. The van der Waals surface area contributed by atoms with Gasteiger partial charge in [-0.3, -0.25) is 9.59 Å². The van der Waals surface area contributed by atoms with Crippen LogP contribution in [0, 0.1) is 0 Å². The first kappa shape index (κ1) is 19.5. The second-order valence-electron chi connectivity index (χ2n) is 4.21. The molecule has 0 heterocycles. The highest BCUT2D eigenvalue weighted by molar-refractivity contribution is 6.40. The number of hydrogen-bond donors (Lipinski definition) is 1. The SMILES string of the molecule is CCC(=O)ONC(=CCC(=NOC(C)=O)C(=O)CC)C(C)=O. The van der Waals surface area contributed by atoms with E-state index in [1.807, 2.05) is 0 Å². The van der Waals surface area contributed by atoms with Crippen molar-refractivity contribution in [1.29, 1.82) is 0 Å². The van der Waals surface area contributed by atoms with E-state index < -0.39 is 11.9 Å². The third-order valence-electron chi connectivity index (χ3n) is 2.37. The van der Waals surface area contributed by atoms with E-state index in [0.29, 0.717) is 0 Å². The number of nitrogens with zero attached hydrogens (tertiary/aromatic N) is 1. The van der Waals surface area contributed by atoms with Gasteiger partial charge < -0.3 is 9.68 Å². The van der Waals surface area contributed by atoms with Crippen molar-refractivity contribution in [3.8, 4) is 0 Å². The van der Waals surface area contributed by atoms with Gasteiger partial charge in [-0.1, -0.05) is 19.0 Å². The van der Waals surface area contributed by atoms with Crippen LogP contribution in [0.25, 0.3) is 0 Å². The fraction of sp³-hybridized carbons (Fsp3) is 0.500. The molecular weight excluding hydrogens is 292 g/mol. The van der Waals surface area contributed by atoms with Crippen LogP contribution in [-0.2, 0) is 28.9 Å². The first-order chi connectivity index (χ1) is 10.3. The van der Waals surface area contributed by atoms with Crippen LogP contribution in [0.5, 0.6) is 0 Å². The van der Waals surface area contributed by atoms with E-state index >= 15 is 0 Å². The smallest absolute Gasteiger partial charge is 0.331 e. The summed E-state index contributed by atoms with van der Waals surface area (Å²) < 4.78 is 0. The van der Waals surface area contributed by atoms with Crippen LogP contribution >= 0.6 is 0 Å². The van der Waals surface area contributed by atoms with Crippen LogP contribution in [0.3, 0.4) is 0 Å². The van der Waals surface area contributed by atoms with Gasteiger partial charge >= 0.3 is 11.9 Å². The van der Waals surface area contributed by atoms with Gasteiger partial charge in [0.25, 0.3) is 0 Å². The van der Waals surface area contributed by atoms with Gasteiger partial charge in [0.2, 0.25) is 0 Å². The summed E-state index contributed by atoms with van der Waals surface area (Å²) in [4.78, 5) is 54.0. The molecule has 0 unspecified atom stereocenters. The quantitative estimate of drug-likeness (QED) is 0.295. The Morgan fingerprint density at radius 3 is 2.18 bits per heavy atom. The van der Waals surface area contributed by atoms with Crippen LogP contribution in [0.2, 0.25) is 0 Å². The maximum Gasteiger partial charge on any atom is 0.331 e.